The van der Waals surface area contributed by atoms with Gasteiger partial charge in [0.1, 0.15) is 12.4 Å². The summed E-state index contributed by atoms with van der Waals surface area (Å²) in [7, 11) is 1.63. The summed E-state index contributed by atoms with van der Waals surface area (Å²) in [5.41, 5.74) is 2.22. The fraction of sp³-hybridized carbons (Fsp3) is 0.231. The second kappa shape index (κ2) is 4.82. The van der Waals surface area contributed by atoms with Crippen molar-refractivity contribution < 1.29 is 4.79 Å². The van der Waals surface area contributed by atoms with E-state index in [1.54, 1.807) is 13.2 Å². The first-order valence-electron chi connectivity index (χ1n) is 5.49. The normalized spacial score (nSPS) is 10.2. The first kappa shape index (κ1) is 11.4. The molecule has 88 valence electrons. The maximum Gasteiger partial charge on any atom is 0.239 e. The van der Waals surface area contributed by atoms with Gasteiger partial charge in [-0.3, -0.25) is 4.79 Å². The van der Waals surface area contributed by atoms with Crippen molar-refractivity contribution in [3.05, 3.63) is 42.2 Å². The minimum atomic E-state index is -0.0311. The molecule has 1 amide bonds. The predicted molar refractivity (Wildman–Crippen MR) is 66.5 cm³/mol. The molecule has 0 atom stereocenters. The van der Waals surface area contributed by atoms with Crippen LogP contribution in [-0.4, -0.2) is 22.5 Å². The molecule has 0 fully saturated rings. The van der Waals surface area contributed by atoms with Gasteiger partial charge in [0, 0.05) is 25.0 Å². The maximum atomic E-state index is 11.4. The molecule has 2 rings (SSSR count). The van der Waals surface area contributed by atoms with Gasteiger partial charge in [0.25, 0.3) is 0 Å². The Bertz CT molecular complexity index is 514. The van der Waals surface area contributed by atoms with Crippen LogP contribution in [0, 0.1) is 6.92 Å². The molecular weight excluding hydrogens is 214 g/mol. The first-order valence-corrected chi connectivity index (χ1v) is 5.49. The van der Waals surface area contributed by atoms with Crippen molar-refractivity contribution in [3.8, 4) is 11.4 Å². The highest BCUT2D eigenvalue weighted by Crippen LogP contribution is 2.17. The van der Waals surface area contributed by atoms with Gasteiger partial charge in [-0.1, -0.05) is 29.8 Å². The zero-order chi connectivity index (χ0) is 12.3. The van der Waals surface area contributed by atoms with Crippen LogP contribution in [0.5, 0.6) is 0 Å². The molecule has 0 aliphatic carbocycles. The van der Waals surface area contributed by atoms with E-state index in [9.17, 15) is 4.79 Å². The fourth-order valence-electron chi connectivity index (χ4n) is 1.63. The molecule has 4 nitrogen and oxygen atoms in total. The van der Waals surface area contributed by atoms with Gasteiger partial charge in [0.05, 0.1) is 0 Å². The van der Waals surface area contributed by atoms with Crippen molar-refractivity contribution in [1.29, 1.82) is 0 Å². The minimum Gasteiger partial charge on any atom is -0.358 e. The van der Waals surface area contributed by atoms with Crippen LogP contribution in [0.3, 0.4) is 0 Å². The lowest BCUT2D eigenvalue weighted by molar-refractivity contribution is -0.121. The van der Waals surface area contributed by atoms with Crippen molar-refractivity contribution in [1.82, 2.24) is 14.9 Å². The Labute approximate surface area is 100 Å². The minimum absolute atomic E-state index is 0.0311. The SMILES string of the molecule is CNC(=O)Cn1ccnc1-c1ccc(C)cc1. The van der Waals surface area contributed by atoms with Gasteiger partial charge in [0.15, 0.2) is 0 Å². The Balaban J connectivity index is 2.30. The van der Waals surface area contributed by atoms with Crippen LogP contribution >= 0.6 is 0 Å². The second-order valence-corrected chi connectivity index (χ2v) is 3.92. The highest BCUT2D eigenvalue weighted by Gasteiger charge is 2.08. The van der Waals surface area contributed by atoms with E-state index >= 15 is 0 Å². The zero-order valence-electron chi connectivity index (χ0n) is 9.97. The smallest absolute Gasteiger partial charge is 0.239 e. The van der Waals surface area contributed by atoms with E-state index in [0.29, 0.717) is 6.54 Å². The van der Waals surface area contributed by atoms with Crippen molar-refractivity contribution in [3.63, 3.8) is 0 Å². The average molecular weight is 229 g/mol. The van der Waals surface area contributed by atoms with Gasteiger partial charge in [-0.25, -0.2) is 4.98 Å². The summed E-state index contributed by atoms with van der Waals surface area (Å²) in [6, 6.07) is 8.10. The van der Waals surface area contributed by atoms with Gasteiger partial charge in [-0.2, -0.15) is 0 Å². The number of hydrogen-bond acceptors (Lipinski definition) is 2. The van der Waals surface area contributed by atoms with E-state index < -0.39 is 0 Å². The van der Waals surface area contributed by atoms with Crippen molar-refractivity contribution in [2.24, 2.45) is 0 Å². The molecule has 0 aliphatic heterocycles. The second-order valence-electron chi connectivity index (χ2n) is 3.92. The fourth-order valence-corrected chi connectivity index (χ4v) is 1.63. The maximum absolute atomic E-state index is 11.4. The van der Waals surface area contributed by atoms with Gasteiger partial charge in [-0.05, 0) is 6.92 Å². The zero-order valence-corrected chi connectivity index (χ0v) is 9.97. The Kier molecular flexibility index (Phi) is 3.23. The molecule has 0 radical (unpaired) electrons. The molecule has 0 spiro atoms. The number of rotatable bonds is 3. The van der Waals surface area contributed by atoms with Crippen LogP contribution in [0.1, 0.15) is 5.56 Å². The van der Waals surface area contributed by atoms with Crippen LogP contribution in [0.25, 0.3) is 11.4 Å². The lowest BCUT2D eigenvalue weighted by Crippen LogP contribution is -2.23. The summed E-state index contributed by atoms with van der Waals surface area (Å²) in [4.78, 5) is 15.6. The van der Waals surface area contributed by atoms with E-state index in [2.05, 4.69) is 10.3 Å². The highest BCUT2D eigenvalue weighted by atomic mass is 16.1. The number of aryl methyl sites for hydroxylation is 1. The number of carbonyl (C=O) groups excluding carboxylic acids is 1. The number of hydrogen-bond donors (Lipinski definition) is 1. The van der Waals surface area contributed by atoms with Crippen molar-refractivity contribution in [2.45, 2.75) is 13.5 Å². The van der Waals surface area contributed by atoms with Crippen LogP contribution in [0.2, 0.25) is 0 Å². The number of nitrogens with zero attached hydrogens (tertiary/aromatic N) is 2. The summed E-state index contributed by atoms with van der Waals surface area (Å²) in [5, 5.41) is 2.60. The summed E-state index contributed by atoms with van der Waals surface area (Å²) >= 11 is 0. The summed E-state index contributed by atoms with van der Waals surface area (Å²) in [6.45, 7) is 2.33. The van der Waals surface area contributed by atoms with Crippen molar-refractivity contribution >= 4 is 5.91 Å². The number of aromatic nitrogens is 2. The molecule has 1 aromatic carbocycles. The third-order valence-corrected chi connectivity index (χ3v) is 2.62. The van der Waals surface area contributed by atoms with E-state index in [1.165, 1.54) is 5.56 Å². The summed E-state index contributed by atoms with van der Waals surface area (Å²) in [6.07, 6.45) is 3.52. The summed E-state index contributed by atoms with van der Waals surface area (Å²) in [5.74, 6) is 0.782. The lowest BCUT2D eigenvalue weighted by atomic mass is 10.1. The molecule has 4 heteroatoms. The molecule has 0 aliphatic rings. The van der Waals surface area contributed by atoms with Crippen LogP contribution in [0.15, 0.2) is 36.7 Å². The van der Waals surface area contributed by atoms with Gasteiger partial charge in [-0.15, -0.1) is 0 Å². The Morgan fingerprint density at radius 2 is 2.06 bits per heavy atom. The van der Waals surface area contributed by atoms with E-state index in [0.717, 1.165) is 11.4 Å². The molecule has 2 aromatic rings. The number of imidazole rings is 1. The van der Waals surface area contributed by atoms with Crippen LogP contribution in [-0.2, 0) is 11.3 Å². The van der Waals surface area contributed by atoms with Crippen molar-refractivity contribution in [2.75, 3.05) is 7.05 Å². The number of nitrogens with one attached hydrogen (secondary N) is 1. The van der Waals surface area contributed by atoms with E-state index in [4.69, 9.17) is 0 Å². The van der Waals surface area contributed by atoms with Gasteiger partial charge < -0.3 is 9.88 Å². The number of carbonyl (C=O) groups is 1. The Morgan fingerprint density at radius 1 is 1.35 bits per heavy atom. The standard InChI is InChI=1S/C13H15N3O/c1-10-3-5-11(6-4-10)13-15-7-8-16(13)9-12(17)14-2/h3-8H,9H2,1-2H3,(H,14,17). The molecule has 0 saturated heterocycles. The van der Waals surface area contributed by atoms with Gasteiger partial charge in [0.2, 0.25) is 5.91 Å². The van der Waals surface area contributed by atoms with Crippen LogP contribution < -0.4 is 5.32 Å². The van der Waals surface area contributed by atoms with Gasteiger partial charge >= 0.3 is 0 Å². The molecule has 1 N–H and O–H groups in total. The molecule has 0 saturated carbocycles. The lowest BCUT2D eigenvalue weighted by Gasteiger charge is -2.07. The molecule has 1 aromatic heterocycles. The Hall–Kier alpha value is -2.10. The number of benzene rings is 1. The van der Waals surface area contributed by atoms with Crippen LogP contribution in [0.4, 0.5) is 0 Å². The Morgan fingerprint density at radius 3 is 2.71 bits per heavy atom. The molecule has 0 unspecified atom stereocenters. The third-order valence-electron chi connectivity index (χ3n) is 2.62. The summed E-state index contributed by atoms with van der Waals surface area (Å²) < 4.78 is 1.84. The monoisotopic (exact) mass is 229 g/mol. The van der Waals surface area contributed by atoms with E-state index in [-0.39, 0.29) is 5.91 Å². The quantitative estimate of drug-likeness (QED) is 0.869. The molecule has 17 heavy (non-hydrogen) atoms. The average Bonchev–Trinajstić information content (AvgIpc) is 2.78. The number of likely N-dealkylation sites (N-methyl/N-ethyl adjacent to an activating group) is 1. The first-order chi connectivity index (χ1) is 8.20. The molecule has 0 bridgehead atoms. The highest BCUT2D eigenvalue weighted by molar-refractivity contribution is 5.76. The van der Waals surface area contributed by atoms with E-state index in [1.807, 2.05) is 42.0 Å². The number of amides is 1. The topological polar surface area (TPSA) is 46.9 Å². The molecule has 1 heterocycles. The predicted octanol–water partition coefficient (Wildman–Crippen LogP) is 1.60. The third kappa shape index (κ3) is 2.53. The largest absolute Gasteiger partial charge is 0.358 e. The molecular formula is C13H15N3O.